The zero-order chi connectivity index (χ0) is 22.3. The fourth-order valence-corrected chi connectivity index (χ4v) is 5.34. The van der Waals surface area contributed by atoms with E-state index in [-0.39, 0.29) is 12.5 Å². The first kappa shape index (κ1) is 22.8. The molecule has 32 heavy (non-hydrogen) atoms. The topological polar surface area (TPSA) is 41.5 Å². The Hall–Kier alpha value is -2.43. The number of hydrogen-bond acceptors (Lipinski definition) is 3. The molecule has 5 heteroatoms. The van der Waals surface area contributed by atoms with E-state index in [0.717, 1.165) is 47.5 Å². The number of carbonyl (C=O) groups is 1. The molecule has 2 heterocycles. The van der Waals surface area contributed by atoms with Crippen LogP contribution in [-0.4, -0.2) is 18.2 Å². The molecule has 4 rings (SSSR count). The number of aliphatic imine (C=N–C) groups is 1. The maximum atomic E-state index is 12.2. The van der Waals surface area contributed by atoms with Gasteiger partial charge in [0.25, 0.3) is 0 Å². The lowest BCUT2D eigenvalue weighted by Crippen LogP contribution is -2.12. The van der Waals surface area contributed by atoms with Crippen molar-refractivity contribution in [2.45, 2.75) is 51.9 Å². The van der Waals surface area contributed by atoms with Gasteiger partial charge in [-0.05, 0) is 61.8 Å². The Labute approximate surface area is 199 Å². The van der Waals surface area contributed by atoms with Crippen molar-refractivity contribution in [1.82, 2.24) is 0 Å². The third-order valence-corrected chi connectivity index (χ3v) is 7.22. The first-order valence-electron chi connectivity index (χ1n) is 11.4. The Balaban J connectivity index is 1.39. The number of amides is 1. The van der Waals surface area contributed by atoms with E-state index >= 15 is 0 Å². The van der Waals surface area contributed by atoms with Gasteiger partial charge in [0.15, 0.2) is 0 Å². The second-order valence-corrected chi connectivity index (χ2v) is 9.82. The van der Waals surface area contributed by atoms with Gasteiger partial charge in [-0.1, -0.05) is 67.4 Å². The number of thiophene rings is 1. The summed E-state index contributed by atoms with van der Waals surface area (Å²) in [5.41, 5.74) is 5.50. The second-order valence-electron chi connectivity index (χ2n) is 8.28. The smallest absolute Gasteiger partial charge is 0.246 e. The highest BCUT2D eigenvalue weighted by molar-refractivity contribution is 7.16. The number of halogens is 1. The summed E-state index contributed by atoms with van der Waals surface area (Å²) in [6.45, 7) is 2.35. The Kier molecular flexibility index (Phi) is 7.77. The molecule has 0 aliphatic carbocycles. The highest BCUT2D eigenvalue weighted by atomic mass is 35.5. The van der Waals surface area contributed by atoms with E-state index in [1.807, 2.05) is 24.3 Å². The molecule has 3 nitrogen and oxygen atoms in total. The van der Waals surface area contributed by atoms with Gasteiger partial charge < -0.3 is 5.32 Å². The molecule has 2 aromatic carbocycles. The summed E-state index contributed by atoms with van der Waals surface area (Å²) in [5, 5.41) is 4.55. The number of rotatable bonds is 9. The quantitative estimate of drug-likeness (QED) is 0.337. The van der Waals surface area contributed by atoms with Crippen LogP contribution in [0.1, 0.15) is 59.7 Å². The average Bonchev–Trinajstić information content (AvgIpc) is 3.12. The van der Waals surface area contributed by atoms with Gasteiger partial charge in [0, 0.05) is 21.0 Å². The molecule has 0 bridgehead atoms. The standard InChI is InChI=1S/C27H29ClN2OS/c1-2-3-8-19-13-15-20(16-14-19)9-4-5-10-21-17-23-26(22-11-6-7-12-24(22)28)29-18-25(31)30-27(23)32-21/h6-7,11-17H,2-5,8-10,18H2,1H3,(H,30,31). The van der Waals surface area contributed by atoms with Gasteiger partial charge in [0.2, 0.25) is 5.91 Å². The van der Waals surface area contributed by atoms with Crippen molar-refractivity contribution in [2.75, 3.05) is 11.9 Å². The average molecular weight is 465 g/mol. The predicted molar refractivity (Wildman–Crippen MR) is 137 cm³/mol. The normalized spacial score (nSPS) is 13.3. The molecule has 0 saturated heterocycles. The molecule has 1 amide bonds. The number of fused-ring (bicyclic) bond motifs is 1. The SMILES string of the molecule is CCCCc1ccc(CCCCc2cc3c(s2)NC(=O)CN=C3c2ccccc2Cl)cc1. The second kappa shape index (κ2) is 10.9. The molecular formula is C27H29ClN2OS. The van der Waals surface area contributed by atoms with Gasteiger partial charge in [-0.2, -0.15) is 0 Å². The largest absolute Gasteiger partial charge is 0.316 e. The number of carbonyl (C=O) groups excluding carboxylic acids is 1. The first-order valence-corrected chi connectivity index (χ1v) is 12.6. The summed E-state index contributed by atoms with van der Waals surface area (Å²) in [6.07, 6.45) is 8.03. The molecule has 0 spiro atoms. The van der Waals surface area contributed by atoms with Crippen LogP contribution in [0.5, 0.6) is 0 Å². The molecule has 0 fully saturated rings. The molecular weight excluding hydrogens is 436 g/mol. The lowest BCUT2D eigenvalue weighted by molar-refractivity contribution is -0.114. The molecule has 0 saturated carbocycles. The van der Waals surface area contributed by atoms with E-state index < -0.39 is 0 Å². The molecule has 1 aliphatic rings. The highest BCUT2D eigenvalue weighted by Crippen LogP contribution is 2.34. The molecule has 1 N–H and O–H groups in total. The predicted octanol–water partition coefficient (Wildman–Crippen LogP) is 7.10. The third-order valence-electron chi connectivity index (χ3n) is 5.78. The van der Waals surface area contributed by atoms with Crippen LogP contribution in [-0.2, 0) is 24.1 Å². The maximum Gasteiger partial charge on any atom is 0.246 e. The van der Waals surface area contributed by atoms with E-state index in [4.69, 9.17) is 11.6 Å². The van der Waals surface area contributed by atoms with Crippen LogP contribution in [0.2, 0.25) is 5.02 Å². The van der Waals surface area contributed by atoms with Crippen molar-refractivity contribution in [3.05, 3.63) is 86.8 Å². The number of aryl methyl sites for hydroxylation is 3. The molecule has 0 atom stereocenters. The van der Waals surface area contributed by atoms with E-state index in [0.29, 0.717) is 5.02 Å². The molecule has 3 aromatic rings. The van der Waals surface area contributed by atoms with Crippen LogP contribution in [0.25, 0.3) is 0 Å². The lowest BCUT2D eigenvalue weighted by Gasteiger charge is -2.07. The van der Waals surface area contributed by atoms with Crippen LogP contribution >= 0.6 is 22.9 Å². The van der Waals surface area contributed by atoms with Crippen LogP contribution < -0.4 is 5.32 Å². The van der Waals surface area contributed by atoms with Gasteiger partial charge in [0.05, 0.1) is 5.71 Å². The summed E-state index contributed by atoms with van der Waals surface area (Å²) in [7, 11) is 0. The van der Waals surface area contributed by atoms with E-state index in [1.165, 1.54) is 35.3 Å². The van der Waals surface area contributed by atoms with Crippen molar-refractivity contribution in [3.8, 4) is 0 Å². The van der Waals surface area contributed by atoms with Gasteiger partial charge in [-0.25, -0.2) is 0 Å². The number of nitrogens with zero attached hydrogens (tertiary/aromatic N) is 1. The summed E-state index contributed by atoms with van der Waals surface area (Å²) in [5.74, 6) is -0.0795. The van der Waals surface area contributed by atoms with Crippen LogP contribution in [0.4, 0.5) is 5.00 Å². The van der Waals surface area contributed by atoms with E-state index in [1.54, 1.807) is 11.3 Å². The minimum atomic E-state index is -0.0795. The number of benzene rings is 2. The molecule has 166 valence electrons. The van der Waals surface area contributed by atoms with Crippen LogP contribution in [0.3, 0.4) is 0 Å². The van der Waals surface area contributed by atoms with Crippen molar-refractivity contribution < 1.29 is 4.79 Å². The summed E-state index contributed by atoms with van der Waals surface area (Å²) in [6, 6.07) is 19.0. The number of anilines is 1. The van der Waals surface area contributed by atoms with E-state index in [9.17, 15) is 4.79 Å². The minimum absolute atomic E-state index is 0.0795. The third kappa shape index (κ3) is 5.67. The number of unbranched alkanes of at least 4 members (excludes halogenated alkanes) is 2. The summed E-state index contributed by atoms with van der Waals surface area (Å²) >= 11 is 8.09. The van der Waals surface area contributed by atoms with Crippen molar-refractivity contribution >= 4 is 39.6 Å². The first-order chi connectivity index (χ1) is 15.6. The Morgan fingerprint density at radius 3 is 2.34 bits per heavy atom. The van der Waals surface area contributed by atoms with Gasteiger partial charge >= 0.3 is 0 Å². The Bertz CT molecular complexity index is 1100. The fraction of sp³-hybridized carbons (Fsp3) is 0.333. The monoisotopic (exact) mass is 464 g/mol. The molecule has 1 aliphatic heterocycles. The maximum absolute atomic E-state index is 12.2. The molecule has 0 unspecified atom stereocenters. The van der Waals surface area contributed by atoms with Crippen molar-refractivity contribution in [3.63, 3.8) is 0 Å². The summed E-state index contributed by atoms with van der Waals surface area (Å²) < 4.78 is 0. The van der Waals surface area contributed by atoms with Gasteiger partial charge in [0.1, 0.15) is 11.5 Å². The lowest BCUT2D eigenvalue weighted by atomic mass is 10.0. The van der Waals surface area contributed by atoms with E-state index in [2.05, 4.69) is 47.6 Å². The molecule has 1 aromatic heterocycles. The highest BCUT2D eigenvalue weighted by Gasteiger charge is 2.22. The van der Waals surface area contributed by atoms with Gasteiger partial charge in [-0.15, -0.1) is 11.3 Å². The number of nitrogens with one attached hydrogen (secondary N) is 1. The zero-order valence-electron chi connectivity index (χ0n) is 18.5. The van der Waals surface area contributed by atoms with Gasteiger partial charge in [-0.3, -0.25) is 9.79 Å². The summed E-state index contributed by atoms with van der Waals surface area (Å²) in [4.78, 5) is 18.0. The molecule has 0 radical (unpaired) electrons. The zero-order valence-corrected chi connectivity index (χ0v) is 20.1. The van der Waals surface area contributed by atoms with Crippen LogP contribution in [0, 0.1) is 0 Å². The van der Waals surface area contributed by atoms with Crippen LogP contribution in [0.15, 0.2) is 59.6 Å². The Morgan fingerprint density at radius 1 is 0.938 bits per heavy atom. The minimum Gasteiger partial charge on any atom is -0.316 e. The van der Waals surface area contributed by atoms with Crippen molar-refractivity contribution in [1.29, 1.82) is 0 Å². The Morgan fingerprint density at radius 2 is 1.62 bits per heavy atom. The number of hydrogen-bond donors (Lipinski definition) is 1. The fourth-order valence-electron chi connectivity index (χ4n) is 4.00. The van der Waals surface area contributed by atoms with Crippen molar-refractivity contribution in [2.24, 2.45) is 4.99 Å².